The molecular weight excluding hydrogens is 314 g/mol. The molecule has 0 N–H and O–H groups in total. The second-order valence-corrected chi connectivity index (χ2v) is 8.04. The maximum Gasteiger partial charge on any atom is 0.246 e. The highest BCUT2D eigenvalue weighted by atomic mass is 32.2. The van der Waals surface area contributed by atoms with Crippen molar-refractivity contribution in [3.05, 3.63) is 54.5 Å². The van der Waals surface area contributed by atoms with Crippen molar-refractivity contribution in [3.63, 3.8) is 0 Å². The van der Waals surface area contributed by atoms with E-state index in [2.05, 4.69) is 12.1 Å². The lowest BCUT2D eigenvalue weighted by atomic mass is 9.84. The van der Waals surface area contributed by atoms with Crippen molar-refractivity contribution in [3.8, 4) is 0 Å². The number of hydrogen-bond donors (Lipinski definition) is 0. The first-order valence-electron chi connectivity index (χ1n) is 7.84. The van der Waals surface area contributed by atoms with E-state index < -0.39 is 10.0 Å². The summed E-state index contributed by atoms with van der Waals surface area (Å²) in [6.45, 7) is 1.72. The quantitative estimate of drug-likeness (QED) is 0.866. The minimum Gasteiger partial charge on any atom is -0.471 e. The van der Waals surface area contributed by atoms with Gasteiger partial charge in [0, 0.05) is 31.0 Å². The van der Waals surface area contributed by atoms with Crippen LogP contribution in [0.4, 0.5) is 0 Å². The highest BCUT2D eigenvalue weighted by molar-refractivity contribution is 7.89. The zero-order chi connectivity index (χ0) is 15.9. The van der Waals surface area contributed by atoms with Crippen LogP contribution in [0, 0.1) is 5.92 Å². The van der Waals surface area contributed by atoms with Gasteiger partial charge in [-0.05, 0) is 18.1 Å². The number of rotatable bonds is 3. The zero-order valence-electron chi connectivity index (χ0n) is 12.7. The Labute approximate surface area is 135 Å². The van der Waals surface area contributed by atoms with Gasteiger partial charge in [-0.15, -0.1) is 0 Å². The lowest BCUT2D eigenvalue weighted by molar-refractivity contribution is 0.0323. The van der Waals surface area contributed by atoms with E-state index in [1.165, 1.54) is 24.2 Å². The maximum atomic E-state index is 13.0. The van der Waals surface area contributed by atoms with Crippen LogP contribution in [0.1, 0.15) is 17.9 Å². The molecule has 0 spiro atoms. The van der Waals surface area contributed by atoms with Crippen LogP contribution in [-0.4, -0.2) is 38.5 Å². The molecule has 3 unspecified atom stereocenters. The SMILES string of the molecule is O=S(=O)(c1ccoc1)N1CC(c2ccccc2)C2COCCC21. The fourth-order valence-corrected chi connectivity index (χ4v) is 5.47. The van der Waals surface area contributed by atoms with Crippen LogP contribution in [0.5, 0.6) is 0 Å². The molecule has 6 heteroatoms. The van der Waals surface area contributed by atoms with Gasteiger partial charge in [-0.1, -0.05) is 30.3 Å². The summed E-state index contributed by atoms with van der Waals surface area (Å²) in [6, 6.07) is 11.6. The number of hydrogen-bond acceptors (Lipinski definition) is 4. The summed E-state index contributed by atoms with van der Waals surface area (Å²) in [5.41, 5.74) is 1.18. The van der Waals surface area contributed by atoms with E-state index in [-0.39, 0.29) is 22.8 Å². The van der Waals surface area contributed by atoms with Crippen molar-refractivity contribution in [2.75, 3.05) is 19.8 Å². The van der Waals surface area contributed by atoms with Gasteiger partial charge in [-0.2, -0.15) is 4.31 Å². The number of nitrogens with zero attached hydrogens (tertiary/aromatic N) is 1. The summed E-state index contributed by atoms with van der Waals surface area (Å²) in [7, 11) is -3.52. The minimum absolute atomic E-state index is 0.00569. The van der Waals surface area contributed by atoms with Crippen molar-refractivity contribution < 1.29 is 17.6 Å². The van der Waals surface area contributed by atoms with Crippen molar-refractivity contribution in [1.82, 2.24) is 4.31 Å². The number of furan rings is 1. The lowest BCUT2D eigenvalue weighted by Crippen LogP contribution is -2.41. The Morgan fingerprint density at radius 3 is 2.70 bits per heavy atom. The van der Waals surface area contributed by atoms with E-state index >= 15 is 0 Å². The standard InChI is InChI=1S/C17H19NO4S/c19-23(20,14-6-8-21-11-14)18-10-15(13-4-2-1-3-5-13)16-12-22-9-7-17(16)18/h1-6,8,11,15-17H,7,9-10,12H2. The normalized spacial score (nSPS) is 28.6. The molecule has 2 aromatic rings. The number of sulfonamides is 1. The van der Waals surface area contributed by atoms with E-state index in [1.54, 1.807) is 4.31 Å². The molecule has 2 saturated heterocycles. The molecule has 0 radical (unpaired) electrons. The molecule has 4 rings (SSSR count). The van der Waals surface area contributed by atoms with Crippen LogP contribution >= 0.6 is 0 Å². The van der Waals surface area contributed by atoms with Crippen LogP contribution < -0.4 is 0 Å². The summed E-state index contributed by atoms with van der Waals surface area (Å²) in [6.07, 6.45) is 3.45. The van der Waals surface area contributed by atoms with Crippen molar-refractivity contribution in [1.29, 1.82) is 0 Å². The third kappa shape index (κ3) is 2.51. The molecule has 1 aromatic heterocycles. The Morgan fingerprint density at radius 2 is 1.96 bits per heavy atom. The van der Waals surface area contributed by atoms with E-state index in [9.17, 15) is 8.42 Å². The van der Waals surface area contributed by atoms with Crippen LogP contribution in [0.3, 0.4) is 0 Å². The van der Waals surface area contributed by atoms with Crippen molar-refractivity contribution in [2.24, 2.45) is 5.92 Å². The lowest BCUT2D eigenvalue weighted by Gasteiger charge is -2.31. The molecule has 0 aliphatic carbocycles. The second kappa shape index (κ2) is 5.78. The average Bonchev–Trinajstić information content (AvgIpc) is 3.24. The molecule has 0 saturated carbocycles. The Balaban J connectivity index is 1.71. The van der Waals surface area contributed by atoms with E-state index in [0.717, 1.165) is 6.42 Å². The fourth-order valence-electron chi connectivity index (χ4n) is 3.82. The molecule has 0 amide bonds. The molecule has 0 bridgehead atoms. The third-order valence-electron chi connectivity index (χ3n) is 4.96. The van der Waals surface area contributed by atoms with Crippen LogP contribution in [-0.2, 0) is 14.8 Å². The van der Waals surface area contributed by atoms with Gasteiger partial charge in [-0.3, -0.25) is 0 Å². The monoisotopic (exact) mass is 333 g/mol. The van der Waals surface area contributed by atoms with Crippen LogP contribution in [0.15, 0.2) is 58.2 Å². The molecular formula is C17H19NO4S. The van der Waals surface area contributed by atoms with Gasteiger partial charge in [0.05, 0.1) is 12.9 Å². The van der Waals surface area contributed by atoms with Gasteiger partial charge in [0.1, 0.15) is 11.2 Å². The molecule has 3 atom stereocenters. The van der Waals surface area contributed by atoms with Crippen LogP contribution in [0.2, 0.25) is 0 Å². The average molecular weight is 333 g/mol. The molecule has 2 aliphatic heterocycles. The van der Waals surface area contributed by atoms with Gasteiger partial charge in [0.2, 0.25) is 10.0 Å². The molecule has 122 valence electrons. The molecule has 23 heavy (non-hydrogen) atoms. The molecule has 2 fully saturated rings. The first-order chi connectivity index (χ1) is 11.2. The van der Waals surface area contributed by atoms with Gasteiger partial charge in [0.25, 0.3) is 0 Å². The highest BCUT2D eigenvalue weighted by Gasteiger charge is 2.49. The van der Waals surface area contributed by atoms with Crippen molar-refractivity contribution >= 4 is 10.0 Å². The van der Waals surface area contributed by atoms with E-state index in [0.29, 0.717) is 19.8 Å². The van der Waals surface area contributed by atoms with E-state index in [1.807, 2.05) is 18.2 Å². The molecule has 3 heterocycles. The predicted molar refractivity (Wildman–Crippen MR) is 84.5 cm³/mol. The summed E-state index contributed by atoms with van der Waals surface area (Å²) >= 11 is 0. The molecule has 1 aromatic carbocycles. The largest absolute Gasteiger partial charge is 0.471 e. The highest BCUT2D eigenvalue weighted by Crippen LogP contribution is 2.43. The minimum atomic E-state index is -3.52. The topological polar surface area (TPSA) is 59.8 Å². The summed E-state index contributed by atoms with van der Waals surface area (Å²) in [4.78, 5) is 0.233. The Morgan fingerprint density at radius 1 is 1.13 bits per heavy atom. The predicted octanol–water partition coefficient (Wildman–Crippen LogP) is 2.47. The number of benzene rings is 1. The van der Waals surface area contributed by atoms with Gasteiger partial charge < -0.3 is 9.15 Å². The maximum absolute atomic E-state index is 13.0. The summed E-state index contributed by atoms with van der Waals surface area (Å²) < 4.78 is 38.2. The fraction of sp³-hybridized carbons (Fsp3) is 0.412. The van der Waals surface area contributed by atoms with Gasteiger partial charge >= 0.3 is 0 Å². The molecule has 5 nitrogen and oxygen atoms in total. The van der Waals surface area contributed by atoms with Crippen molar-refractivity contribution in [2.45, 2.75) is 23.3 Å². The Kier molecular flexibility index (Phi) is 3.75. The van der Waals surface area contributed by atoms with E-state index in [4.69, 9.17) is 9.15 Å². The van der Waals surface area contributed by atoms with Crippen LogP contribution in [0.25, 0.3) is 0 Å². The third-order valence-corrected chi connectivity index (χ3v) is 6.82. The Bertz CT molecular complexity index is 757. The number of fused-ring (bicyclic) bond motifs is 1. The van der Waals surface area contributed by atoms with Gasteiger partial charge in [-0.25, -0.2) is 8.42 Å². The van der Waals surface area contributed by atoms with Gasteiger partial charge in [0.15, 0.2) is 0 Å². The number of ether oxygens (including phenoxy) is 1. The first-order valence-corrected chi connectivity index (χ1v) is 9.28. The molecule has 2 aliphatic rings. The summed E-state index contributed by atoms with van der Waals surface area (Å²) in [5.74, 6) is 0.371. The zero-order valence-corrected chi connectivity index (χ0v) is 13.5. The second-order valence-electron chi connectivity index (χ2n) is 6.15. The Hall–Kier alpha value is -1.63. The smallest absolute Gasteiger partial charge is 0.246 e. The summed E-state index contributed by atoms with van der Waals surface area (Å²) in [5, 5.41) is 0. The first kappa shape index (κ1) is 14.9.